The maximum Gasteiger partial charge on any atom is 0.332 e. The molecule has 2 aliphatic rings. The van der Waals surface area contributed by atoms with Crippen LogP contribution >= 0.6 is 0 Å². The van der Waals surface area contributed by atoms with Crippen molar-refractivity contribution in [3.63, 3.8) is 0 Å². The Morgan fingerprint density at radius 1 is 1.04 bits per heavy atom. The number of carbonyl (C=O) groups is 2. The lowest BCUT2D eigenvalue weighted by Crippen LogP contribution is -2.53. The minimum Gasteiger partial charge on any atom is -0.464 e. The molecule has 1 atom stereocenters. The first-order valence-corrected chi connectivity index (χ1v) is 8.10. The molecule has 0 unspecified atom stereocenters. The van der Waals surface area contributed by atoms with Crippen LogP contribution in [-0.4, -0.2) is 30.8 Å². The van der Waals surface area contributed by atoms with Gasteiger partial charge >= 0.3 is 5.97 Å². The molecule has 1 saturated heterocycles. The predicted molar refractivity (Wildman–Crippen MR) is 88.5 cm³/mol. The van der Waals surface area contributed by atoms with Crippen LogP contribution in [0.5, 0.6) is 11.5 Å². The Balaban J connectivity index is 1.59. The van der Waals surface area contributed by atoms with Gasteiger partial charge in [-0.25, -0.2) is 4.79 Å². The quantitative estimate of drug-likeness (QED) is 0.863. The fraction of sp³-hybridized carbons (Fsp3) is 0.263. The lowest BCUT2D eigenvalue weighted by Gasteiger charge is -2.26. The van der Waals surface area contributed by atoms with Crippen LogP contribution in [0.1, 0.15) is 22.3 Å². The molecule has 0 aliphatic carbocycles. The number of ether oxygens (including phenoxy) is 3. The number of fused-ring (bicyclic) bond motifs is 1. The van der Waals surface area contributed by atoms with E-state index in [-0.39, 0.29) is 12.7 Å². The number of hydrogen-bond donors (Lipinski definition) is 1. The summed E-state index contributed by atoms with van der Waals surface area (Å²) in [5.41, 5.74) is 0.310. The molecule has 1 fully saturated rings. The fourth-order valence-electron chi connectivity index (χ4n) is 3.15. The maximum atomic E-state index is 12.6. The van der Waals surface area contributed by atoms with Gasteiger partial charge in [0, 0.05) is 18.4 Å². The molecule has 0 saturated carbocycles. The summed E-state index contributed by atoms with van der Waals surface area (Å²) in [5.74, 6) is 0.628. The first-order valence-electron chi connectivity index (χ1n) is 8.10. The van der Waals surface area contributed by atoms with Crippen molar-refractivity contribution in [2.24, 2.45) is 0 Å². The van der Waals surface area contributed by atoms with Gasteiger partial charge in [0.15, 0.2) is 11.5 Å². The Morgan fingerprint density at radius 3 is 2.60 bits per heavy atom. The summed E-state index contributed by atoms with van der Waals surface area (Å²) >= 11 is 0. The number of benzene rings is 2. The highest BCUT2D eigenvalue weighted by molar-refractivity contribution is 5.98. The van der Waals surface area contributed by atoms with E-state index in [9.17, 15) is 9.59 Å². The van der Waals surface area contributed by atoms with Crippen molar-refractivity contribution in [3.05, 3.63) is 59.7 Å². The molecular weight excluding hydrogens is 322 g/mol. The lowest BCUT2D eigenvalue weighted by molar-refractivity contribution is -0.143. The summed E-state index contributed by atoms with van der Waals surface area (Å²) in [7, 11) is 0. The number of esters is 1. The van der Waals surface area contributed by atoms with Gasteiger partial charge in [0.1, 0.15) is 5.54 Å². The van der Waals surface area contributed by atoms with E-state index in [0.29, 0.717) is 36.5 Å². The van der Waals surface area contributed by atoms with Crippen molar-refractivity contribution in [1.82, 2.24) is 5.32 Å². The van der Waals surface area contributed by atoms with Crippen LogP contribution in [0.4, 0.5) is 0 Å². The largest absolute Gasteiger partial charge is 0.464 e. The Morgan fingerprint density at radius 2 is 1.84 bits per heavy atom. The summed E-state index contributed by atoms with van der Waals surface area (Å²) < 4.78 is 15.9. The number of amides is 1. The van der Waals surface area contributed by atoms with Crippen molar-refractivity contribution >= 4 is 11.9 Å². The third-order valence-electron chi connectivity index (χ3n) is 4.48. The van der Waals surface area contributed by atoms with Crippen molar-refractivity contribution in [3.8, 4) is 11.5 Å². The number of carbonyl (C=O) groups excluding carboxylic acids is 2. The first kappa shape index (κ1) is 15.5. The number of rotatable bonds is 4. The smallest absolute Gasteiger partial charge is 0.332 e. The van der Waals surface area contributed by atoms with Gasteiger partial charge in [0.25, 0.3) is 5.91 Å². The fourth-order valence-corrected chi connectivity index (χ4v) is 3.15. The van der Waals surface area contributed by atoms with Crippen LogP contribution in [-0.2, 0) is 16.0 Å². The average Bonchev–Trinajstić information content (AvgIpc) is 3.23. The molecule has 2 aromatic rings. The number of nitrogens with one attached hydrogen (secondary N) is 1. The summed E-state index contributed by atoms with van der Waals surface area (Å²) in [6, 6.07) is 14.3. The molecule has 4 rings (SSSR count). The standard InChI is InChI=1S/C19H17NO5/c21-17(14-4-2-1-3-5-14)20-19(8-9-23-18(19)22)11-13-6-7-15-16(10-13)25-12-24-15/h1-7,10H,8-9,11-12H2,(H,20,21)/t19-/m1/s1. The molecule has 1 N–H and O–H groups in total. The molecule has 128 valence electrons. The molecule has 0 aromatic heterocycles. The topological polar surface area (TPSA) is 73.9 Å². The van der Waals surface area contributed by atoms with Gasteiger partial charge < -0.3 is 19.5 Å². The Labute approximate surface area is 144 Å². The van der Waals surface area contributed by atoms with Gasteiger partial charge in [-0.15, -0.1) is 0 Å². The normalized spacial score (nSPS) is 21.0. The molecule has 25 heavy (non-hydrogen) atoms. The molecule has 0 spiro atoms. The van der Waals surface area contributed by atoms with Crippen LogP contribution in [0.3, 0.4) is 0 Å². The Hall–Kier alpha value is -3.02. The predicted octanol–water partition coefficient (Wildman–Crippen LogP) is 2.07. The Kier molecular flexibility index (Phi) is 3.80. The van der Waals surface area contributed by atoms with E-state index in [1.54, 1.807) is 24.3 Å². The third kappa shape index (κ3) is 2.91. The summed E-state index contributed by atoms with van der Waals surface area (Å²) in [6.45, 7) is 0.481. The van der Waals surface area contributed by atoms with E-state index in [4.69, 9.17) is 14.2 Å². The second-order valence-corrected chi connectivity index (χ2v) is 6.15. The van der Waals surface area contributed by atoms with Crippen molar-refractivity contribution < 1.29 is 23.8 Å². The van der Waals surface area contributed by atoms with Crippen molar-refractivity contribution in [1.29, 1.82) is 0 Å². The van der Waals surface area contributed by atoms with Crippen LogP contribution in [0.2, 0.25) is 0 Å². The SMILES string of the molecule is O=C(N[C@@]1(Cc2ccc3c(c2)OCO3)CCOC1=O)c1ccccc1. The second-order valence-electron chi connectivity index (χ2n) is 6.15. The average molecular weight is 339 g/mol. The van der Waals surface area contributed by atoms with E-state index in [0.717, 1.165) is 5.56 Å². The van der Waals surface area contributed by atoms with E-state index >= 15 is 0 Å². The van der Waals surface area contributed by atoms with E-state index in [1.165, 1.54) is 0 Å². The third-order valence-corrected chi connectivity index (χ3v) is 4.48. The minimum absolute atomic E-state index is 0.191. The molecule has 6 heteroatoms. The van der Waals surface area contributed by atoms with Gasteiger partial charge in [-0.3, -0.25) is 4.79 Å². The maximum absolute atomic E-state index is 12.6. The van der Waals surface area contributed by atoms with Gasteiger partial charge in [-0.05, 0) is 29.8 Å². The van der Waals surface area contributed by atoms with Crippen LogP contribution in [0.25, 0.3) is 0 Å². The van der Waals surface area contributed by atoms with Crippen LogP contribution in [0.15, 0.2) is 48.5 Å². The van der Waals surface area contributed by atoms with Gasteiger partial charge in [-0.1, -0.05) is 24.3 Å². The second kappa shape index (κ2) is 6.12. The monoisotopic (exact) mass is 339 g/mol. The molecule has 2 aliphatic heterocycles. The molecule has 1 amide bonds. The van der Waals surface area contributed by atoms with Crippen molar-refractivity contribution in [2.75, 3.05) is 13.4 Å². The highest BCUT2D eigenvalue weighted by Gasteiger charge is 2.46. The highest BCUT2D eigenvalue weighted by Crippen LogP contribution is 2.34. The Bertz CT molecular complexity index is 820. The van der Waals surface area contributed by atoms with Gasteiger partial charge in [0.05, 0.1) is 6.61 Å². The van der Waals surface area contributed by atoms with Crippen molar-refractivity contribution in [2.45, 2.75) is 18.4 Å². The molecule has 6 nitrogen and oxygen atoms in total. The van der Waals surface area contributed by atoms with Gasteiger partial charge in [-0.2, -0.15) is 0 Å². The van der Waals surface area contributed by atoms with E-state index in [1.807, 2.05) is 24.3 Å². The first-order chi connectivity index (χ1) is 12.2. The molecule has 0 bridgehead atoms. The lowest BCUT2D eigenvalue weighted by atomic mass is 9.88. The number of cyclic esters (lactones) is 1. The summed E-state index contributed by atoms with van der Waals surface area (Å²) in [5, 5.41) is 2.89. The van der Waals surface area contributed by atoms with Crippen LogP contribution in [0, 0.1) is 0 Å². The van der Waals surface area contributed by atoms with Gasteiger partial charge in [0.2, 0.25) is 6.79 Å². The van der Waals surface area contributed by atoms with E-state index in [2.05, 4.69) is 5.32 Å². The molecule has 2 heterocycles. The summed E-state index contributed by atoms with van der Waals surface area (Å²) in [4.78, 5) is 25.0. The number of hydrogen-bond acceptors (Lipinski definition) is 5. The van der Waals surface area contributed by atoms with Crippen LogP contribution < -0.4 is 14.8 Å². The highest BCUT2D eigenvalue weighted by atomic mass is 16.7. The zero-order valence-electron chi connectivity index (χ0n) is 13.5. The molecule has 2 aromatic carbocycles. The molecule has 0 radical (unpaired) electrons. The van der Waals surface area contributed by atoms with E-state index < -0.39 is 11.5 Å². The zero-order valence-corrected chi connectivity index (χ0v) is 13.5. The zero-order chi connectivity index (χ0) is 17.3. The summed E-state index contributed by atoms with van der Waals surface area (Å²) in [6.07, 6.45) is 0.764. The minimum atomic E-state index is -1.07. The molecular formula is C19H17NO5.